The topological polar surface area (TPSA) is 77.8 Å². The van der Waals surface area contributed by atoms with Crippen LogP contribution in [0.1, 0.15) is 75.4 Å². The van der Waals surface area contributed by atoms with E-state index in [-0.39, 0.29) is 22.6 Å². The Bertz CT molecular complexity index is 692. The predicted octanol–water partition coefficient (Wildman–Crippen LogP) is 5.37. The van der Waals surface area contributed by atoms with E-state index in [9.17, 15) is 20.1 Å². The third-order valence-corrected chi connectivity index (χ3v) is 4.44. The van der Waals surface area contributed by atoms with Crippen LogP contribution in [-0.2, 0) is 12.8 Å². The maximum atomic E-state index is 11.5. The van der Waals surface area contributed by atoms with Crippen molar-refractivity contribution in [1.29, 1.82) is 0 Å². The number of allylic oxidation sites excluding steroid dienone is 4. The number of hydrogen-bond acceptors (Lipinski definition) is 3. The van der Waals surface area contributed by atoms with Gasteiger partial charge in [-0.1, -0.05) is 36.1 Å². The standard InChI is InChI=1S/C21H30O4/c1-6-8-16-12-18(22)17(20(23)19(16)21(24)25)11-15(5)14(4)10-7-9-13(2)3/h9,12,22-23H,6-8,10-11H2,1-5H3,(H,24,25)/b15-14+. The summed E-state index contributed by atoms with van der Waals surface area (Å²) in [5.74, 6) is -1.51. The second kappa shape index (κ2) is 9.30. The molecule has 0 unspecified atom stereocenters. The van der Waals surface area contributed by atoms with E-state index in [4.69, 9.17) is 0 Å². The molecule has 25 heavy (non-hydrogen) atoms. The molecule has 0 radical (unpaired) electrons. The van der Waals surface area contributed by atoms with Crippen LogP contribution in [0.5, 0.6) is 11.5 Å². The Kier molecular flexibility index (Phi) is 7.75. The van der Waals surface area contributed by atoms with Gasteiger partial charge in [0.25, 0.3) is 0 Å². The van der Waals surface area contributed by atoms with Crippen LogP contribution in [0.3, 0.4) is 0 Å². The number of aromatic hydroxyl groups is 2. The van der Waals surface area contributed by atoms with Crippen molar-refractivity contribution >= 4 is 5.97 Å². The molecule has 3 N–H and O–H groups in total. The van der Waals surface area contributed by atoms with Crippen LogP contribution in [0.15, 0.2) is 28.9 Å². The van der Waals surface area contributed by atoms with Crippen molar-refractivity contribution in [3.63, 3.8) is 0 Å². The predicted molar refractivity (Wildman–Crippen MR) is 101 cm³/mol. The van der Waals surface area contributed by atoms with E-state index < -0.39 is 5.97 Å². The maximum absolute atomic E-state index is 11.5. The molecule has 0 saturated carbocycles. The Morgan fingerprint density at radius 3 is 2.28 bits per heavy atom. The maximum Gasteiger partial charge on any atom is 0.339 e. The fourth-order valence-electron chi connectivity index (χ4n) is 2.83. The summed E-state index contributed by atoms with van der Waals surface area (Å²) >= 11 is 0. The van der Waals surface area contributed by atoms with Gasteiger partial charge in [0.05, 0.1) is 0 Å². The lowest BCUT2D eigenvalue weighted by molar-refractivity contribution is 0.0692. The summed E-state index contributed by atoms with van der Waals surface area (Å²) < 4.78 is 0. The molecule has 0 saturated heterocycles. The second-order valence-corrected chi connectivity index (χ2v) is 6.87. The van der Waals surface area contributed by atoms with Crippen LogP contribution in [0.4, 0.5) is 0 Å². The SMILES string of the molecule is CCCc1cc(O)c(C/C(C)=C(\C)CCC=C(C)C)c(O)c1C(=O)O. The molecule has 1 rings (SSSR count). The number of aromatic carboxylic acids is 1. The lowest BCUT2D eigenvalue weighted by Crippen LogP contribution is -2.06. The summed E-state index contributed by atoms with van der Waals surface area (Å²) in [6.45, 7) is 10.0. The first-order chi connectivity index (χ1) is 11.7. The van der Waals surface area contributed by atoms with E-state index in [1.165, 1.54) is 17.2 Å². The van der Waals surface area contributed by atoms with E-state index in [0.717, 1.165) is 24.8 Å². The highest BCUT2D eigenvalue weighted by Gasteiger charge is 2.22. The van der Waals surface area contributed by atoms with Gasteiger partial charge >= 0.3 is 5.97 Å². The molecule has 0 atom stereocenters. The first-order valence-corrected chi connectivity index (χ1v) is 8.77. The number of carboxylic acids is 1. The number of phenols is 2. The van der Waals surface area contributed by atoms with Gasteiger partial charge in [0.15, 0.2) is 0 Å². The van der Waals surface area contributed by atoms with Gasteiger partial charge in [-0.05, 0) is 58.6 Å². The Labute approximate surface area is 150 Å². The normalized spacial score (nSPS) is 11.9. The van der Waals surface area contributed by atoms with E-state index in [2.05, 4.69) is 19.9 Å². The third kappa shape index (κ3) is 5.66. The molecule has 1 aromatic carbocycles. The zero-order valence-corrected chi connectivity index (χ0v) is 15.9. The van der Waals surface area contributed by atoms with E-state index in [1.54, 1.807) is 0 Å². The lowest BCUT2D eigenvalue weighted by atomic mass is 9.93. The summed E-state index contributed by atoms with van der Waals surface area (Å²) in [7, 11) is 0. The fraction of sp³-hybridized carbons (Fsp3) is 0.476. The van der Waals surface area contributed by atoms with Gasteiger partial charge in [0, 0.05) is 12.0 Å². The average Bonchev–Trinajstić information content (AvgIpc) is 2.50. The Morgan fingerprint density at radius 1 is 1.12 bits per heavy atom. The summed E-state index contributed by atoms with van der Waals surface area (Å²) in [5.41, 5.74) is 4.16. The van der Waals surface area contributed by atoms with Crippen LogP contribution in [-0.4, -0.2) is 21.3 Å². The monoisotopic (exact) mass is 346 g/mol. The number of phenolic OH excluding ortho intramolecular Hbond substituents is 1. The van der Waals surface area contributed by atoms with Gasteiger partial charge in [0.2, 0.25) is 0 Å². The molecule has 0 amide bonds. The van der Waals surface area contributed by atoms with Gasteiger partial charge < -0.3 is 15.3 Å². The molecule has 0 spiro atoms. The minimum absolute atomic E-state index is 0.0394. The average molecular weight is 346 g/mol. The highest BCUT2D eigenvalue weighted by Crippen LogP contribution is 2.36. The molecule has 0 bridgehead atoms. The van der Waals surface area contributed by atoms with Crippen molar-refractivity contribution in [2.24, 2.45) is 0 Å². The Hall–Kier alpha value is -2.23. The van der Waals surface area contributed by atoms with Gasteiger partial charge in [-0.3, -0.25) is 0 Å². The van der Waals surface area contributed by atoms with Crippen LogP contribution in [0.2, 0.25) is 0 Å². The first kappa shape index (κ1) is 20.8. The quantitative estimate of drug-likeness (QED) is 0.553. The number of carbonyl (C=O) groups is 1. The van der Waals surface area contributed by atoms with Crippen molar-refractivity contribution in [3.8, 4) is 11.5 Å². The molecule has 0 aliphatic rings. The van der Waals surface area contributed by atoms with Crippen molar-refractivity contribution < 1.29 is 20.1 Å². The Morgan fingerprint density at radius 2 is 1.76 bits per heavy atom. The molecule has 0 aliphatic carbocycles. The number of benzene rings is 1. The van der Waals surface area contributed by atoms with Crippen LogP contribution < -0.4 is 0 Å². The van der Waals surface area contributed by atoms with Crippen molar-refractivity contribution in [1.82, 2.24) is 0 Å². The van der Waals surface area contributed by atoms with Crippen molar-refractivity contribution in [2.45, 2.75) is 66.7 Å². The molecule has 0 aromatic heterocycles. The molecule has 1 aromatic rings. The lowest BCUT2D eigenvalue weighted by Gasteiger charge is -2.15. The van der Waals surface area contributed by atoms with E-state index >= 15 is 0 Å². The largest absolute Gasteiger partial charge is 0.508 e. The smallest absolute Gasteiger partial charge is 0.339 e. The van der Waals surface area contributed by atoms with Crippen molar-refractivity contribution in [2.75, 3.05) is 0 Å². The molecule has 4 heteroatoms. The zero-order valence-electron chi connectivity index (χ0n) is 15.9. The number of carboxylic acid groups (broad SMARTS) is 1. The van der Waals surface area contributed by atoms with Gasteiger partial charge in [0.1, 0.15) is 17.1 Å². The third-order valence-electron chi connectivity index (χ3n) is 4.44. The molecule has 0 fully saturated rings. The van der Waals surface area contributed by atoms with Crippen molar-refractivity contribution in [3.05, 3.63) is 45.6 Å². The minimum atomic E-state index is -1.16. The first-order valence-electron chi connectivity index (χ1n) is 8.77. The van der Waals surface area contributed by atoms with Crippen LogP contribution in [0.25, 0.3) is 0 Å². The van der Waals surface area contributed by atoms with Crippen LogP contribution >= 0.6 is 0 Å². The van der Waals surface area contributed by atoms with Gasteiger partial charge in [-0.2, -0.15) is 0 Å². The summed E-state index contributed by atoms with van der Waals surface area (Å²) in [6, 6.07) is 1.48. The minimum Gasteiger partial charge on any atom is -0.508 e. The summed E-state index contributed by atoms with van der Waals surface area (Å²) in [5, 5.41) is 30.2. The summed E-state index contributed by atoms with van der Waals surface area (Å²) in [6.07, 6.45) is 5.59. The van der Waals surface area contributed by atoms with Gasteiger partial charge in [-0.25, -0.2) is 4.79 Å². The molecule has 0 aliphatic heterocycles. The number of rotatable bonds is 8. The molecule has 4 nitrogen and oxygen atoms in total. The second-order valence-electron chi connectivity index (χ2n) is 6.87. The molecule has 138 valence electrons. The molecular weight excluding hydrogens is 316 g/mol. The molecule has 0 heterocycles. The fourth-order valence-corrected chi connectivity index (χ4v) is 2.83. The zero-order chi connectivity index (χ0) is 19.1. The highest BCUT2D eigenvalue weighted by molar-refractivity contribution is 5.93. The van der Waals surface area contributed by atoms with Gasteiger partial charge in [-0.15, -0.1) is 0 Å². The number of hydrogen-bond donors (Lipinski definition) is 3. The number of aryl methyl sites for hydroxylation is 1. The summed E-state index contributed by atoms with van der Waals surface area (Å²) in [4.78, 5) is 11.5. The molecular formula is C21H30O4. The highest BCUT2D eigenvalue weighted by atomic mass is 16.4. The Balaban J connectivity index is 3.19. The van der Waals surface area contributed by atoms with Crippen LogP contribution in [0, 0.1) is 0 Å². The van der Waals surface area contributed by atoms with E-state index in [1.807, 2.05) is 20.8 Å². The van der Waals surface area contributed by atoms with E-state index in [0.29, 0.717) is 18.4 Å².